The number of benzene rings is 2. The van der Waals surface area contributed by atoms with Crippen molar-refractivity contribution in [1.29, 1.82) is 0 Å². The van der Waals surface area contributed by atoms with Gasteiger partial charge in [-0.3, -0.25) is 9.69 Å². The first kappa shape index (κ1) is 23.2. The standard InChI is InChI=1S/C23H31N3O4S/c1-18-8-9-22(19(2)14-18)31(28,29)26-12-10-25(11-13-26)17-23(27)24(3)16-20-6-5-7-21(15-20)30-4/h5-9,14-15H,10-13,16-17H2,1-4H3. The highest BCUT2D eigenvalue weighted by molar-refractivity contribution is 7.89. The summed E-state index contributed by atoms with van der Waals surface area (Å²) in [6.45, 7) is 6.36. The molecular formula is C23H31N3O4S. The molecule has 1 heterocycles. The number of likely N-dealkylation sites (N-methyl/N-ethyl adjacent to an activating group) is 1. The predicted molar refractivity (Wildman–Crippen MR) is 121 cm³/mol. The Morgan fingerprint density at radius 1 is 1.06 bits per heavy atom. The smallest absolute Gasteiger partial charge is 0.243 e. The van der Waals surface area contributed by atoms with Crippen molar-refractivity contribution in [2.75, 3.05) is 46.9 Å². The van der Waals surface area contributed by atoms with E-state index in [1.165, 1.54) is 4.31 Å². The van der Waals surface area contributed by atoms with E-state index < -0.39 is 10.0 Å². The zero-order valence-corrected chi connectivity index (χ0v) is 19.5. The van der Waals surface area contributed by atoms with Crippen LogP contribution in [-0.4, -0.2) is 75.3 Å². The lowest BCUT2D eigenvalue weighted by molar-refractivity contribution is -0.131. The normalized spacial score (nSPS) is 15.6. The molecule has 1 fully saturated rings. The molecule has 0 atom stereocenters. The van der Waals surface area contributed by atoms with E-state index in [1.54, 1.807) is 25.1 Å². The summed E-state index contributed by atoms with van der Waals surface area (Å²) in [5.41, 5.74) is 2.80. The van der Waals surface area contributed by atoms with E-state index in [9.17, 15) is 13.2 Å². The molecule has 2 aromatic rings. The van der Waals surface area contributed by atoms with Crippen LogP contribution in [0.2, 0.25) is 0 Å². The summed E-state index contributed by atoms with van der Waals surface area (Å²) in [4.78, 5) is 16.7. The fraction of sp³-hybridized carbons (Fsp3) is 0.435. The number of carbonyl (C=O) groups excluding carboxylic acids is 1. The summed E-state index contributed by atoms with van der Waals surface area (Å²) >= 11 is 0. The Bertz CT molecular complexity index is 1030. The molecule has 0 aromatic heterocycles. The minimum Gasteiger partial charge on any atom is -0.497 e. The average Bonchev–Trinajstić information content (AvgIpc) is 2.74. The van der Waals surface area contributed by atoms with Gasteiger partial charge in [0.2, 0.25) is 15.9 Å². The maximum atomic E-state index is 13.0. The van der Waals surface area contributed by atoms with E-state index in [-0.39, 0.29) is 12.5 Å². The van der Waals surface area contributed by atoms with Crippen molar-refractivity contribution in [2.24, 2.45) is 0 Å². The lowest BCUT2D eigenvalue weighted by atomic mass is 10.2. The first-order chi connectivity index (χ1) is 14.7. The van der Waals surface area contributed by atoms with Gasteiger partial charge in [-0.15, -0.1) is 0 Å². The number of sulfonamides is 1. The first-order valence-electron chi connectivity index (χ1n) is 10.4. The van der Waals surface area contributed by atoms with Gasteiger partial charge in [0, 0.05) is 39.8 Å². The fourth-order valence-electron chi connectivity index (χ4n) is 3.80. The van der Waals surface area contributed by atoms with Gasteiger partial charge in [-0.1, -0.05) is 29.8 Å². The summed E-state index contributed by atoms with van der Waals surface area (Å²) in [5, 5.41) is 0. The maximum Gasteiger partial charge on any atom is 0.243 e. The molecule has 0 saturated carbocycles. The highest BCUT2D eigenvalue weighted by atomic mass is 32.2. The largest absolute Gasteiger partial charge is 0.497 e. The van der Waals surface area contributed by atoms with E-state index in [0.717, 1.165) is 22.4 Å². The lowest BCUT2D eigenvalue weighted by Crippen LogP contribution is -2.51. The molecule has 168 valence electrons. The third-order valence-electron chi connectivity index (χ3n) is 5.62. The van der Waals surface area contributed by atoms with Gasteiger partial charge in [0.1, 0.15) is 5.75 Å². The van der Waals surface area contributed by atoms with Crippen LogP contribution in [0.4, 0.5) is 0 Å². The van der Waals surface area contributed by atoms with E-state index in [1.807, 2.05) is 55.1 Å². The van der Waals surface area contributed by atoms with Gasteiger partial charge >= 0.3 is 0 Å². The number of methoxy groups -OCH3 is 1. The number of amides is 1. The Morgan fingerprint density at radius 2 is 1.77 bits per heavy atom. The minimum atomic E-state index is -3.53. The van der Waals surface area contributed by atoms with Crippen molar-refractivity contribution in [1.82, 2.24) is 14.1 Å². The van der Waals surface area contributed by atoms with Crippen LogP contribution < -0.4 is 4.74 Å². The predicted octanol–water partition coefficient (Wildman–Crippen LogP) is 2.28. The van der Waals surface area contributed by atoms with Crippen LogP contribution in [0, 0.1) is 13.8 Å². The van der Waals surface area contributed by atoms with E-state index in [2.05, 4.69) is 0 Å². The van der Waals surface area contributed by atoms with Gasteiger partial charge in [-0.2, -0.15) is 4.31 Å². The molecule has 31 heavy (non-hydrogen) atoms. The molecule has 1 aliphatic rings. The van der Waals surface area contributed by atoms with Crippen LogP contribution in [0.1, 0.15) is 16.7 Å². The van der Waals surface area contributed by atoms with Crippen molar-refractivity contribution in [3.8, 4) is 5.75 Å². The Morgan fingerprint density at radius 3 is 2.42 bits per heavy atom. The number of hydrogen-bond acceptors (Lipinski definition) is 5. The van der Waals surface area contributed by atoms with E-state index in [4.69, 9.17) is 4.74 Å². The molecule has 1 amide bonds. The number of nitrogens with zero attached hydrogens (tertiary/aromatic N) is 3. The summed E-state index contributed by atoms with van der Waals surface area (Å²) in [7, 11) is -0.126. The monoisotopic (exact) mass is 445 g/mol. The van der Waals surface area contributed by atoms with Gasteiger partial charge in [0.15, 0.2) is 0 Å². The zero-order valence-electron chi connectivity index (χ0n) is 18.7. The van der Waals surface area contributed by atoms with Gasteiger partial charge in [-0.25, -0.2) is 8.42 Å². The number of ether oxygens (including phenoxy) is 1. The Hall–Kier alpha value is -2.42. The first-order valence-corrected chi connectivity index (χ1v) is 11.8. The molecular weight excluding hydrogens is 414 g/mol. The number of hydrogen-bond donors (Lipinski definition) is 0. The molecule has 0 unspecified atom stereocenters. The van der Waals surface area contributed by atoms with Crippen LogP contribution in [0.5, 0.6) is 5.75 Å². The fourth-order valence-corrected chi connectivity index (χ4v) is 5.43. The number of piperazine rings is 1. The van der Waals surface area contributed by atoms with Gasteiger partial charge in [0.25, 0.3) is 0 Å². The van der Waals surface area contributed by atoms with Crippen LogP contribution in [0.25, 0.3) is 0 Å². The van der Waals surface area contributed by atoms with Crippen molar-refractivity contribution in [2.45, 2.75) is 25.3 Å². The summed E-state index contributed by atoms with van der Waals surface area (Å²) in [6.07, 6.45) is 0. The third kappa shape index (κ3) is 5.64. The van der Waals surface area contributed by atoms with E-state index in [0.29, 0.717) is 37.6 Å². The molecule has 3 rings (SSSR count). The second-order valence-electron chi connectivity index (χ2n) is 8.05. The summed E-state index contributed by atoms with van der Waals surface area (Å²) in [5.74, 6) is 0.771. The molecule has 1 saturated heterocycles. The SMILES string of the molecule is COc1cccc(CN(C)C(=O)CN2CCN(S(=O)(=O)c3ccc(C)cc3C)CC2)c1. The molecule has 0 N–H and O–H groups in total. The molecule has 0 radical (unpaired) electrons. The molecule has 0 bridgehead atoms. The quantitative estimate of drug-likeness (QED) is 0.654. The van der Waals surface area contributed by atoms with Gasteiger partial charge in [0.05, 0.1) is 18.6 Å². The van der Waals surface area contributed by atoms with Gasteiger partial charge in [-0.05, 0) is 43.2 Å². The Balaban J connectivity index is 1.55. The van der Waals surface area contributed by atoms with E-state index >= 15 is 0 Å². The lowest BCUT2D eigenvalue weighted by Gasteiger charge is -2.34. The van der Waals surface area contributed by atoms with Crippen molar-refractivity contribution >= 4 is 15.9 Å². The van der Waals surface area contributed by atoms with Crippen LogP contribution in [-0.2, 0) is 21.4 Å². The average molecular weight is 446 g/mol. The molecule has 0 aliphatic carbocycles. The molecule has 7 nitrogen and oxygen atoms in total. The third-order valence-corrected chi connectivity index (χ3v) is 7.68. The number of rotatable bonds is 7. The Labute approximate surface area is 185 Å². The molecule has 8 heteroatoms. The second-order valence-corrected chi connectivity index (χ2v) is 9.96. The highest BCUT2D eigenvalue weighted by Gasteiger charge is 2.30. The number of carbonyl (C=O) groups is 1. The Kier molecular flexibility index (Phi) is 7.35. The van der Waals surface area contributed by atoms with Crippen LogP contribution in [0.15, 0.2) is 47.4 Å². The topological polar surface area (TPSA) is 70.2 Å². The van der Waals surface area contributed by atoms with Crippen LogP contribution >= 0.6 is 0 Å². The van der Waals surface area contributed by atoms with Crippen LogP contribution in [0.3, 0.4) is 0 Å². The second kappa shape index (κ2) is 9.80. The van der Waals surface area contributed by atoms with Crippen molar-refractivity contribution < 1.29 is 17.9 Å². The number of aryl methyl sites for hydroxylation is 2. The maximum absolute atomic E-state index is 13.0. The molecule has 2 aromatic carbocycles. The highest BCUT2D eigenvalue weighted by Crippen LogP contribution is 2.22. The van der Waals surface area contributed by atoms with Crippen molar-refractivity contribution in [3.05, 3.63) is 59.2 Å². The van der Waals surface area contributed by atoms with Gasteiger partial charge < -0.3 is 9.64 Å². The molecule has 0 spiro atoms. The summed E-state index contributed by atoms with van der Waals surface area (Å²) in [6, 6.07) is 13.1. The van der Waals surface area contributed by atoms with Crippen molar-refractivity contribution in [3.63, 3.8) is 0 Å². The summed E-state index contributed by atoms with van der Waals surface area (Å²) < 4.78 is 32.8. The molecule has 1 aliphatic heterocycles. The minimum absolute atomic E-state index is 0.00788. The zero-order chi connectivity index (χ0) is 22.6.